The number of rotatable bonds is 12. The average molecular weight is 1730 g/mol. The molecule has 0 aliphatic rings. The minimum atomic E-state index is -0.942. The van der Waals surface area contributed by atoms with Crippen LogP contribution in [0.25, 0.3) is 66.8 Å². The van der Waals surface area contributed by atoms with E-state index in [0.717, 1.165) is 21.9 Å². The van der Waals surface area contributed by atoms with E-state index in [1.807, 2.05) is 12.1 Å². The van der Waals surface area contributed by atoms with Crippen LogP contribution in [0.4, 0.5) is 63.1 Å². The fourth-order valence-electron chi connectivity index (χ4n) is 10.2. The van der Waals surface area contributed by atoms with Crippen molar-refractivity contribution in [2.24, 2.45) is 0 Å². The standard InChI is InChI=1S/C24H12Cl8N2S.C24H18Cl4N4S.C24H14Cl2F4N2S.ClH/c25-13-5-9(33)1-3-11(13)19-15(27)7-17(29)23(21(19)31)35-24-18(30)8-16(28)20(22(24)32)12-4-2-10(34)6-14(12)26;25-15-5-7-19(23(31)21(15)13-3-1-11(29)9-17(13)27)33-20-8-6-16(26)22(24(20)32)14-4-2-12(30)10-18(14)28;25-15-9-11(31)1-3-13(15)21-17(27)5-7-19(23(21)29)33-20-8-6-18(28)22(24(20)30)14-4-2-12(32)10-16(14)26;/h1-8H,33-34H2;1-10H,29-32H2;1-10H,31-32H2;1H. The van der Waals surface area contributed by atoms with E-state index < -0.39 is 23.3 Å². The molecule has 12 aromatic carbocycles. The molecule has 0 aliphatic carbocycles. The van der Waals surface area contributed by atoms with Crippen molar-refractivity contribution in [3.05, 3.63) is 263 Å². The first kappa shape index (κ1) is 80.3. The highest BCUT2D eigenvalue weighted by Crippen LogP contribution is 2.55. The molecule has 0 spiro atoms. The second-order valence-corrected chi connectivity index (χ2v) is 30.4. The van der Waals surface area contributed by atoms with Crippen LogP contribution in [-0.4, -0.2) is 0 Å². The maximum absolute atomic E-state index is 15.3. The van der Waals surface area contributed by atoms with Crippen LogP contribution in [-0.2, 0) is 0 Å². The maximum atomic E-state index is 15.3. The van der Waals surface area contributed by atoms with Crippen LogP contribution in [0.2, 0.25) is 70.3 Å². The van der Waals surface area contributed by atoms with Crippen molar-refractivity contribution in [1.82, 2.24) is 0 Å². The van der Waals surface area contributed by atoms with Gasteiger partial charge in [0.25, 0.3) is 0 Å². The fourth-order valence-corrected chi connectivity index (χ4v) is 17.5. The Labute approximate surface area is 671 Å². The summed E-state index contributed by atoms with van der Waals surface area (Å²) in [4.78, 5) is 2.29. The molecule has 0 radical (unpaired) electrons. The van der Waals surface area contributed by atoms with E-state index in [4.69, 9.17) is 208 Å². The third-order valence-corrected chi connectivity index (χ3v) is 23.3. The SMILES string of the molecule is Cl.Nc1ccc(-c2c(Cl)cc(Cl)c(Sc3c(Cl)cc(Cl)c(-c4ccc(N)cc4Cl)c3Cl)c2Cl)c(Cl)c1.Nc1ccc(-c2c(Cl)ccc(Sc3ccc(Cl)c(-c4ccc(N)cc4Cl)c3N)c2N)c(Cl)c1.Nc1ccc(-c2c(F)ccc(Sc3ccc(F)c(-c4ccc(N)cc4Cl)c3F)c2F)c(Cl)c1. The van der Waals surface area contributed by atoms with Gasteiger partial charge >= 0.3 is 0 Å². The van der Waals surface area contributed by atoms with Crippen molar-refractivity contribution in [3.8, 4) is 66.8 Å². The molecule has 0 fully saturated rings. The molecule has 30 heteroatoms. The first-order valence-electron chi connectivity index (χ1n) is 28.7. The highest BCUT2D eigenvalue weighted by molar-refractivity contribution is 8.00. The van der Waals surface area contributed by atoms with Crippen molar-refractivity contribution in [2.75, 3.05) is 45.9 Å². The maximum Gasteiger partial charge on any atom is 0.147 e. The molecule has 0 aromatic heterocycles. The molecule has 0 unspecified atom stereocenters. The zero-order valence-corrected chi connectivity index (χ0v) is 65.1. The van der Waals surface area contributed by atoms with E-state index in [2.05, 4.69) is 0 Å². The summed E-state index contributed by atoms with van der Waals surface area (Å²) in [6, 6.07) is 43.7. The molecule has 12 rings (SSSR count). The van der Waals surface area contributed by atoms with Crippen molar-refractivity contribution in [3.63, 3.8) is 0 Å². The van der Waals surface area contributed by atoms with Crippen molar-refractivity contribution in [1.29, 1.82) is 0 Å². The van der Waals surface area contributed by atoms with Gasteiger partial charge in [0, 0.05) is 109 Å². The molecule has 0 saturated carbocycles. The summed E-state index contributed by atoms with van der Waals surface area (Å²) < 4.78 is 59.8. The zero-order valence-electron chi connectivity index (χ0n) is 51.2. The summed E-state index contributed by atoms with van der Waals surface area (Å²) in [6.07, 6.45) is 0. The van der Waals surface area contributed by atoms with Gasteiger partial charge in [-0.2, -0.15) is 0 Å². The van der Waals surface area contributed by atoms with Crippen molar-refractivity contribution >= 4 is 256 Å². The highest BCUT2D eigenvalue weighted by atomic mass is 35.5. The molecule has 0 amide bonds. The lowest BCUT2D eigenvalue weighted by Crippen LogP contribution is -1.98. The van der Waals surface area contributed by atoms with Gasteiger partial charge in [-0.1, -0.05) is 234 Å². The topological polar surface area (TPSA) is 208 Å². The van der Waals surface area contributed by atoms with Gasteiger partial charge in [0.05, 0.1) is 103 Å². The molecule has 102 heavy (non-hydrogen) atoms. The molecule has 0 heterocycles. The van der Waals surface area contributed by atoms with Gasteiger partial charge in [-0.15, -0.1) is 12.4 Å². The number of hydrogen-bond donors (Lipinski definition) is 8. The Morgan fingerprint density at radius 2 is 0.471 bits per heavy atom. The van der Waals surface area contributed by atoms with E-state index in [1.54, 1.807) is 97.1 Å². The van der Waals surface area contributed by atoms with Gasteiger partial charge in [-0.25, -0.2) is 17.6 Å². The lowest BCUT2D eigenvalue weighted by molar-refractivity contribution is 0.568. The summed E-state index contributed by atoms with van der Waals surface area (Å²) in [5.74, 6) is -3.58. The van der Waals surface area contributed by atoms with Crippen LogP contribution < -0.4 is 45.9 Å². The largest absolute Gasteiger partial charge is 0.399 e. The lowest BCUT2D eigenvalue weighted by atomic mass is 10.0. The van der Waals surface area contributed by atoms with E-state index in [1.165, 1.54) is 72.1 Å². The van der Waals surface area contributed by atoms with Crippen LogP contribution in [0.1, 0.15) is 0 Å². The number of benzene rings is 12. The average Bonchev–Trinajstić information content (AvgIpc) is 0.780. The lowest BCUT2D eigenvalue weighted by Gasteiger charge is -2.18. The normalized spacial score (nSPS) is 11.0. The summed E-state index contributed by atoms with van der Waals surface area (Å²) >= 11 is 94.0. The molecule has 0 saturated heterocycles. The number of anilines is 8. The summed E-state index contributed by atoms with van der Waals surface area (Å²) in [5.41, 5.74) is 55.7. The van der Waals surface area contributed by atoms with Crippen molar-refractivity contribution < 1.29 is 17.6 Å². The third kappa shape index (κ3) is 17.5. The molecular formula is C72H45Cl15F4N8S3. The Morgan fingerprint density at radius 3 is 0.745 bits per heavy atom. The second-order valence-electron chi connectivity index (χ2n) is 21.6. The number of halogens is 19. The first-order valence-corrected chi connectivity index (χ1v) is 36.4. The van der Waals surface area contributed by atoms with Crippen LogP contribution in [0.5, 0.6) is 0 Å². The van der Waals surface area contributed by atoms with Gasteiger partial charge in [-0.05, 0) is 133 Å². The van der Waals surface area contributed by atoms with Gasteiger partial charge < -0.3 is 45.9 Å². The van der Waals surface area contributed by atoms with E-state index in [-0.39, 0.29) is 64.5 Å². The molecule has 524 valence electrons. The van der Waals surface area contributed by atoms with Gasteiger partial charge in [0.2, 0.25) is 0 Å². The van der Waals surface area contributed by atoms with Crippen LogP contribution in [0.3, 0.4) is 0 Å². The molecule has 0 atom stereocenters. The van der Waals surface area contributed by atoms with Crippen LogP contribution >= 0.6 is 210 Å². The minimum absolute atomic E-state index is 0. The number of nitrogens with two attached hydrogens (primary N) is 8. The highest BCUT2D eigenvalue weighted by Gasteiger charge is 2.27. The Kier molecular flexibility index (Phi) is 26.9. The predicted molar refractivity (Wildman–Crippen MR) is 436 cm³/mol. The first-order chi connectivity index (χ1) is 47.8. The number of nitrogen functional groups attached to an aromatic ring is 8. The minimum Gasteiger partial charge on any atom is -0.399 e. The monoisotopic (exact) mass is 1720 g/mol. The molecule has 16 N–H and O–H groups in total. The summed E-state index contributed by atoms with van der Waals surface area (Å²) in [5, 5.41) is 4.53. The fraction of sp³-hybridized carbons (Fsp3) is 0. The smallest absolute Gasteiger partial charge is 0.147 e. The Hall–Kier alpha value is -5.84. The summed E-state index contributed by atoms with van der Waals surface area (Å²) in [6.45, 7) is 0. The molecule has 12 aromatic rings. The van der Waals surface area contributed by atoms with Crippen molar-refractivity contribution in [2.45, 2.75) is 29.4 Å². The third-order valence-electron chi connectivity index (χ3n) is 14.9. The Bertz CT molecular complexity index is 4780. The predicted octanol–water partition coefficient (Wildman–Crippen LogP) is 28.3. The zero-order chi connectivity index (χ0) is 73.3. The molecule has 0 bridgehead atoms. The Morgan fingerprint density at radius 1 is 0.225 bits per heavy atom. The van der Waals surface area contributed by atoms with Crippen LogP contribution in [0, 0.1) is 23.3 Å². The number of hydrogen-bond acceptors (Lipinski definition) is 11. The molecule has 0 aliphatic heterocycles. The van der Waals surface area contributed by atoms with E-state index in [0.29, 0.717) is 162 Å². The van der Waals surface area contributed by atoms with Crippen LogP contribution in [0.15, 0.2) is 199 Å². The van der Waals surface area contributed by atoms with Gasteiger partial charge in [-0.3, -0.25) is 0 Å². The second kappa shape index (κ2) is 34.2. The summed E-state index contributed by atoms with van der Waals surface area (Å²) in [7, 11) is 0. The molecular weight excluding hydrogens is 1680 g/mol. The van der Waals surface area contributed by atoms with Gasteiger partial charge in [0.1, 0.15) is 23.3 Å². The quantitative estimate of drug-likeness (QED) is 0.0426. The van der Waals surface area contributed by atoms with Gasteiger partial charge in [0.15, 0.2) is 0 Å². The van der Waals surface area contributed by atoms with E-state index in [9.17, 15) is 8.78 Å². The Balaban J connectivity index is 0.000000177. The van der Waals surface area contributed by atoms with E-state index >= 15 is 8.78 Å². The molecule has 8 nitrogen and oxygen atoms in total.